The van der Waals surface area contributed by atoms with Crippen LogP contribution in [0.3, 0.4) is 0 Å². The van der Waals surface area contributed by atoms with Gasteiger partial charge in [-0.25, -0.2) is 0 Å². The molecule has 0 unspecified atom stereocenters. The standard InChI is InChI=1S/C31H50O2/c1-20(2)9-8-10-22(5)25-13-14-26-24-12-11-23-19-31(33,28(32)21(3)4)18-17-29(23,6)27(24)15-16-30(25,26)7/h11,20,22,24-27,33H,3,8-10,12-19H2,1-2,4-7H3/t22-,24+,25-,26+,27+,29+,30-,31+/m1/s1. The molecule has 0 radical (unpaired) electrons. The number of carbonyl (C=O) groups is 1. The summed E-state index contributed by atoms with van der Waals surface area (Å²) in [5.74, 6) is 4.76. The maximum absolute atomic E-state index is 12.7. The topological polar surface area (TPSA) is 37.3 Å². The van der Waals surface area contributed by atoms with Crippen molar-refractivity contribution in [2.75, 3.05) is 0 Å². The first kappa shape index (κ1) is 25.2. The Morgan fingerprint density at radius 2 is 1.82 bits per heavy atom. The molecule has 0 saturated heterocycles. The van der Waals surface area contributed by atoms with Gasteiger partial charge in [0, 0.05) is 6.42 Å². The van der Waals surface area contributed by atoms with Crippen LogP contribution in [0.15, 0.2) is 23.8 Å². The molecular formula is C31H50O2. The summed E-state index contributed by atoms with van der Waals surface area (Å²) in [6.07, 6.45) is 15.4. The number of carbonyl (C=O) groups excluding carboxylic acids is 1. The van der Waals surface area contributed by atoms with E-state index in [2.05, 4.69) is 47.3 Å². The van der Waals surface area contributed by atoms with E-state index in [1.807, 2.05) is 0 Å². The van der Waals surface area contributed by atoms with E-state index in [-0.39, 0.29) is 11.2 Å². The zero-order valence-corrected chi connectivity index (χ0v) is 22.4. The van der Waals surface area contributed by atoms with Crippen LogP contribution in [0.2, 0.25) is 0 Å². The summed E-state index contributed by atoms with van der Waals surface area (Å²) in [4.78, 5) is 12.7. The lowest BCUT2D eigenvalue weighted by atomic mass is 9.46. The minimum atomic E-state index is -1.23. The van der Waals surface area contributed by atoms with Gasteiger partial charge in [-0.05, 0) is 104 Å². The molecule has 4 rings (SSSR count). The van der Waals surface area contributed by atoms with Crippen LogP contribution in [0.25, 0.3) is 0 Å². The van der Waals surface area contributed by atoms with E-state index in [9.17, 15) is 9.90 Å². The summed E-state index contributed by atoms with van der Waals surface area (Å²) in [6, 6.07) is 0. The van der Waals surface area contributed by atoms with Gasteiger partial charge in [0.15, 0.2) is 5.78 Å². The molecule has 4 aliphatic carbocycles. The monoisotopic (exact) mass is 454 g/mol. The van der Waals surface area contributed by atoms with Crippen molar-refractivity contribution in [3.05, 3.63) is 23.8 Å². The highest BCUT2D eigenvalue weighted by molar-refractivity contribution is 6.01. The zero-order valence-electron chi connectivity index (χ0n) is 22.4. The maximum Gasteiger partial charge on any atom is 0.189 e. The molecule has 0 aromatic carbocycles. The Kier molecular flexibility index (Phi) is 6.84. The average molecular weight is 455 g/mol. The molecule has 8 atom stereocenters. The average Bonchev–Trinajstić information content (AvgIpc) is 3.10. The van der Waals surface area contributed by atoms with Gasteiger partial charge in [0.2, 0.25) is 0 Å². The lowest BCUT2D eigenvalue weighted by Crippen LogP contribution is -2.54. The van der Waals surface area contributed by atoms with Gasteiger partial charge in [0.05, 0.1) is 0 Å². The Morgan fingerprint density at radius 3 is 2.48 bits per heavy atom. The van der Waals surface area contributed by atoms with Crippen LogP contribution in [0.4, 0.5) is 0 Å². The van der Waals surface area contributed by atoms with Crippen LogP contribution >= 0.6 is 0 Å². The minimum Gasteiger partial charge on any atom is -0.381 e. The molecule has 1 N–H and O–H groups in total. The number of fused-ring (bicyclic) bond motifs is 5. The molecule has 0 spiro atoms. The highest BCUT2D eigenvalue weighted by Gasteiger charge is 2.60. The van der Waals surface area contributed by atoms with E-state index in [0.717, 1.165) is 48.3 Å². The minimum absolute atomic E-state index is 0.145. The maximum atomic E-state index is 12.7. The molecule has 0 aromatic rings. The molecule has 0 amide bonds. The Hall–Kier alpha value is -0.890. The molecule has 0 aromatic heterocycles. The van der Waals surface area contributed by atoms with Crippen molar-refractivity contribution in [1.82, 2.24) is 0 Å². The summed E-state index contributed by atoms with van der Waals surface area (Å²) in [5, 5.41) is 11.2. The van der Waals surface area contributed by atoms with E-state index >= 15 is 0 Å². The second kappa shape index (κ2) is 8.96. The number of allylic oxidation sites excluding steroid dienone is 1. The molecule has 33 heavy (non-hydrogen) atoms. The van der Waals surface area contributed by atoms with Crippen molar-refractivity contribution in [3.63, 3.8) is 0 Å². The van der Waals surface area contributed by atoms with Gasteiger partial charge in [0.1, 0.15) is 5.60 Å². The molecule has 0 aliphatic heterocycles. The highest BCUT2D eigenvalue weighted by Crippen LogP contribution is 2.67. The van der Waals surface area contributed by atoms with E-state index in [1.165, 1.54) is 50.5 Å². The van der Waals surface area contributed by atoms with E-state index in [4.69, 9.17) is 0 Å². The quantitative estimate of drug-likeness (QED) is 0.313. The Balaban J connectivity index is 1.51. The van der Waals surface area contributed by atoms with Crippen LogP contribution in [0.5, 0.6) is 0 Å². The normalized spacial score (nSPS) is 43.3. The van der Waals surface area contributed by atoms with Gasteiger partial charge in [-0.2, -0.15) is 0 Å². The second-order valence-electron chi connectivity index (χ2n) is 13.6. The number of rotatable bonds is 7. The summed E-state index contributed by atoms with van der Waals surface area (Å²) >= 11 is 0. The van der Waals surface area contributed by atoms with Crippen molar-refractivity contribution < 1.29 is 9.90 Å². The van der Waals surface area contributed by atoms with E-state index in [0.29, 0.717) is 23.8 Å². The fourth-order valence-corrected chi connectivity index (χ4v) is 9.26. The first-order chi connectivity index (χ1) is 15.4. The van der Waals surface area contributed by atoms with Gasteiger partial charge in [-0.15, -0.1) is 0 Å². The third-order valence-electron chi connectivity index (χ3n) is 11.2. The SMILES string of the molecule is C=C(C)C(=O)[C@]1(O)CC[C@@]2(C)C(=CC[C@H]3[C@@H]4CC[C@H]([C@H](C)CCCC(C)C)[C@@]4(C)CC[C@@H]32)C1. The molecule has 0 bridgehead atoms. The summed E-state index contributed by atoms with van der Waals surface area (Å²) in [6.45, 7) is 17.9. The van der Waals surface area contributed by atoms with Crippen LogP contribution < -0.4 is 0 Å². The molecule has 2 heteroatoms. The van der Waals surface area contributed by atoms with Crippen LogP contribution in [0, 0.1) is 46.3 Å². The first-order valence-electron chi connectivity index (χ1n) is 14.0. The first-order valence-corrected chi connectivity index (χ1v) is 14.0. The van der Waals surface area contributed by atoms with E-state index in [1.54, 1.807) is 6.92 Å². The number of Topliss-reactive ketones (excluding diaryl/α,β-unsaturated/α-hetero) is 1. The molecule has 3 saturated carbocycles. The highest BCUT2D eigenvalue weighted by atomic mass is 16.3. The van der Waals surface area contributed by atoms with Gasteiger partial charge in [-0.3, -0.25) is 4.79 Å². The fourth-order valence-electron chi connectivity index (χ4n) is 9.26. The van der Waals surface area contributed by atoms with Crippen molar-refractivity contribution in [3.8, 4) is 0 Å². The Labute approximate surface area is 203 Å². The van der Waals surface area contributed by atoms with Crippen molar-refractivity contribution in [1.29, 1.82) is 0 Å². The molecule has 3 fully saturated rings. The third kappa shape index (κ3) is 4.21. The predicted octanol–water partition coefficient (Wildman–Crippen LogP) is 7.90. The number of hydrogen-bond acceptors (Lipinski definition) is 2. The second-order valence-corrected chi connectivity index (χ2v) is 13.6. The summed E-state index contributed by atoms with van der Waals surface area (Å²) in [5.41, 5.74) is 1.30. The number of aliphatic hydroxyl groups is 1. The van der Waals surface area contributed by atoms with Crippen molar-refractivity contribution in [2.45, 2.75) is 118 Å². The zero-order chi connectivity index (χ0) is 24.2. The van der Waals surface area contributed by atoms with Crippen molar-refractivity contribution >= 4 is 5.78 Å². The lowest BCUT2D eigenvalue weighted by molar-refractivity contribution is -0.139. The largest absolute Gasteiger partial charge is 0.381 e. The predicted molar refractivity (Wildman–Crippen MR) is 138 cm³/mol. The van der Waals surface area contributed by atoms with Gasteiger partial charge in [-0.1, -0.05) is 72.1 Å². The third-order valence-corrected chi connectivity index (χ3v) is 11.2. The van der Waals surface area contributed by atoms with Crippen LogP contribution in [-0.4, -0.2) is 16.5 Å². The Morgan fingerprint density at radius 1 is 1.09 bits per heavy atom. The van der Waals surface area contributed by atoms with Gasteiger partial charge in [0.25, 0.3) is 0 Å². The summed E-state index contributed by atoms with van der Waals surface area (Å²) in [7, 11) is 0. The van der Waals surface area contributed by atoms with Gasteiger partial charge < -0.3 is 5.11 Å². The molecule has 0 heterocycles. The van der Waals surface area contributed by atoms with Gasteiger partial charge >= 0.3 is 0 Å². The Bertz CT molecular complexity index is 808. The molecule has 2 nitrogen and oxygen atoms in total. The fraction of sp³-hybridized carbons (Fsp3) is 0.839. The molecule has 186 valence electrons. The number of hydrogen-bond donors (Lipinski definition) is 1. The summed E-state index contributed by atoms with van der Waals surface area (Å²) < 4.78 is 0. The smallest absolute Gasteiger partial charge is 0.189 e. The molecular weight excluding hydrogens is 404 g/mol. The van der Waals surface area contributed by atoms with Crippen LogP contribution in [0.1, 0.15) is 112 Å². The van der Waals surface area contributed by atoms with Crippen molar-refractivity contribution in [2.24, 2.45) is 46.3 Å². The molecule has 4 aliphatic rings. The lowest BCUT2D eigenvalue weighted by Gasteiger charge is -2.59. The van der Waals surface area contributed by atoms with Crippen LogP contribution in [-0.2, 0) is 4.79 Å². The number of ketones is 1. The van der Waals surface area contributed by atoms with E-state index < -0.39 is 5.60 Å².